The number of Topliss-reactive ketones (excluding diaryl/α,β-unsaturated/α-hetero) is 1. The highest BCUT2D eigenvalue weighted by Gasteiger charge is 2.37. The number of benzene rings is 3. The lowest BCUT2D eigenvalue weighted by atomic mass is 10.1. The molecule has 11 heteroatoms. The minimum absolute atomic E-state index is 0.0874. The van der Waals surface area contributed by atoms with E-state index in [9.17, 15) is 14.4 Å². The third-order valence-corrected chi connectivity index (χ3v) is 7.63. The van der Waals surface area contributed by atoms with E-state index in [0.29, 0.717) is 46.8 Å². The number of nitrogens with zero attached hydrogens (tertiary/aromatic N) is 6. The summed E-state index contributed by atoms with van der Waals surface area (Å²) in [4.78, 5) is 46.7. The summed E-state index contributed by atoms with van der Waals surface area (Å²) in [6.45, 7) is 2.29. The van der Waals surface area contributed by atoms with Crippen LogP contribution >= 0.6 is 0 Å². The van der Waals surface area contributed by atoms with Crippen molar-refractivity contribution in [3.63, 3.8) is 0 Å². The molecule has 3 heterocycles. The quantitative estimate of drug-likeness (QED) is 0.271. The van der Waals surface area contributed by atoms with Gasteiger partial charge in [-0.05, 0) is 68.3 Å². The van der Waals surface area contributed by atoms with Gasteiger partial charge >= 0.3 is 0 Å². The Kier molecular flexibility index (Phi) is 7.49. The second kappa shape index (κ2) is 11.5. The molecule has 6 rings (SSSR count). The molecule has 1 fully saturated rings. The van der Waals surface area contributed by atoms with Gasteiger partial charge in [0.05, 0.1) is 22.7 Å². The predicted molar refractivity (Wildman–Crippen MR) is 157 cm³/mol. The number of amides is 2. The molecule has 0 spiro atoms. The van der Waals surface area contributed by atoms with Crippen LogP contribution in [0.15, 0.2) is 72.8 Å². The van der Waals surface area contributed by atoms with Crippen LogP contribution in [0.2, 0.25) is 0 Å². The van der Waals surface area contributed by atoms with Gasteiger partial charge in [-0.25, -0.2) is 9.67 Å². The van der Waals surface area contributed by atoms with E-state index in [1.54, 1.807) is 24.3 Å². The van der Waals surface area contributed by atoms with Crippen LogP contribution in [0, 0.1) is 0 Å². The number of hydrogen-bond donors (Lipinski definition) is 1. The first-order valence-electron chi connectivity index (χ1n) is 13.9. The minimum Gasteiger partial charge on any atom is -0.376 e. The average Bonchev–Trinajstić information content (AvgIpc) is 3.75. The highest BCUT2D eigenvalue weighted by Crippen LogP contribution is 2.31. The van der Waals surface area contributed by atoms with Crippen molar-refractivity contribution in [1.82, 2.24) is 29.9 Å². The van der Waals surface area contributed by atoms with Crippen molar-refractivity contribution in [2.45, 2.75) is 38.5 Å². The molecule has 2 amide bonds. The lowest BCUT2D eigenvalue weighted by Crippen LogP contribution is -2.47. The van der Waals surface area contributed by atoms with Crippen molar-refractivity contribution in [3.8, 4) is 0 Å². The zero-order chi connectivity index (χ0) is 29.2. The van der Waals surface area contributed by atoms with Gasteiger partial charge in [0.15, 0.2) is 11.8 Å². The Hall–Kier alpha value is -4.90. The minimum atomic E-state index is -1.13. The number of hydrogen-bond acceptors (Lipinski definition) is 7. The Morgan fingerprint density at radius 1 is 1.00 bits per heavy atom. The molecule has 1 N–H and O–H groups in total. The van der Waals surface area contributed by atoms with Gasteiger partial charge in [-0.2, -0.15) is 0 Å². The molecule has 1 saturated heterocycles. The van der Waals surface area contributed by atoms with E-state index in [1.165, 1.54) is 16.5 Å². The first kappa shape index (κ1) is 27.3. The van der Waals surface area contributed by atoms with Gasteiger partial charge in [-0.15, -0.1) is 5.10 Å². The molecular weight excluding hydrogens is 534 g/mol. The van der Waals surface area contributed by atoms with E-state index in [-0.39, 0.29) is 18.4 Å². The number of imidazole rings is 1. The summed E-state index contributed by atoms with van der Waals surface area (Å²) in [5, 5.41) is 11.4. The molecule has 1 aliphatic heterocycles. The Morgan fingerprint density at radius 2 is 1.71 bits per heavy atom. The second-order valence-corrected chi connectivity index (χ2v) is 10.4. The molecule has 0 bridgehead atoms. The van der Waals surface area contributed by atoms with Crippen LogP contribution in [0.25, 0.3) is 22.1 Å². The molecule has 2 aromatic heterocycles. The number of aromatic nitrogens is 5. The SMILES string of the molecule is CC(=O)c1ccc(N(C(=O)Cn2nnc3ccccc32)C(C(=O)NCC2CCCO2)c2nc3ccccc3n2C)cc1. The summed E-state index contributed by atoms with van der Waals surface area (Å²) < 4.78 is 9.09. The molecule has 5 aromatic rings. The fraction of sp³-hybridized carbons (Fsp3) is 0.290. The topological polar surface area (TPSA) is 124 Å². The molecule has 2 atom stereocenters. The molecule has 0 saturated carbocycles. The van der Waals surface area contributed by atoms with E-state index in [4.69, 9.17) is 9.72 Å². The van der Waals surface area contributed by atoms with Crippen molar-refractivity contribution in [2.75, 3.05) is 18.1 Å². The largest absolute Gasteiger partial charge is 0.376 e. The lowest BCUT2D eigenvalue weighted by Gasteiger charge is -2.31. The van der Waals surface area contributed by atoms with Crippen LogP contribution in [0.5, 0.6) is 0 Å². The number of nitrogens with one attached hydrogen (secondary N) is 1. The third-order valence-electron chi connectivity index (χ3n) is 7.63. The van der Waals surface area contributed by atoms with Crippen molar-refractivity contribution in [3.05, 3.63) is 84.2 Å². The van der Waals surface area contributed by atoms with Crippen molar-refractivity contribution in [2.24, 2.45) is 7.05 Å². The van der Waals surface area contributed by atoms with Crippen LogP contribution in [0.4, 0.5) is 5.69 Å². The van der Waals surface area contributed by atoms with E-state index in [0.717, 1.165) is 18.4 Å². The molecule has 42 heavy (non-hydrogen) atoms. The van der Waals surface area contributed by atoms with E-state index >= 15 is 0 Å². The first-order chi connectivity index (χ1) is 20.4. The van der Waals surface area contributed by atoms with Gasteiger partial charge in [-0.3, -0.25) is 19.3 Å². The molecule has 11 nitrogen and oxygen atoms in total. The van der Waals surface area contributed by atoms with E-state index in [2.05, 4.69) is 15.6 Å². The summed E-state index contributed by atoms with van der Waals surface area (Å²) in [7, 11) is 1.83. The van der Waals surface area contributed by atoms with Crippen LogP contribution in [-0.4, -0.2) is 61.4 Å². The van der Waals surface area contributed by atoms with Crippen LogP contribution < -0.4 is 10.2 Å². The first-order valence-corrected chi connectivity index (χ1v) is 13.9. The van der Waals surface area contributed by atoms with E-state index in [1.807, 2.05) is 60.1 Å². The van der Waals surface area contributed by atoms with Crippen LogP contribution in [0.3, 0.4) is 0 Å². The predicted octanol–water partition coefficient (Wildman–Crippen LogP) is 3.59. The summed E-state index contributed by atoms with van der Waals surface area (Å²) in [6, 6.07) is 20.5. The summed E-state index contributed by atoms with van der Waals surface area (Å²) in [5.74, 6) is -0.495. The fourth-order valence-electron chi connectivity index (χ4n) is 5.41. The molecule has 0 aliphatic carbocycles. The molecule has 2 unspecified atom stereocenters. The maximum absolute atomic E-state index is 14.3. The van der Waals surface area contributed by atoms with Gasteiger partial charge in [0.25, 0.3) is 5.91 Å². The maximum Gasteiger partial charge on any atom is 0.251 e. The fourth-order valence-corrected chi connectivity index (χ4v) is 5.41. The number of carbonyl (C=O) groups excluding carboxylic acids is 3. The van der Waals surface area contributed by atoms with Gasteiger partial charge in [0.1, 0.15) is 17.9 Å². The lowest BCUT2D eigenvalue weighted by molar-refractivity contribution is -0.127. The van der Waals surface area contributed by atoms with Gasteiger partial charge in [0.2, 0.25) is 5.91 Å². The number of rotatable bonds is 9. The maximum atomic E-state index is 14.3. The standard InChI is InChI=1S/C31H31N7O4/c1-20(39)21-13-15-22(16-14-21)38(28(40)19-37-27-12-6-4-10-25(27)34-35-37)29(31(41)32-18-23-8-7-17-42-23)30-33-24-9-3-5-11-26(24)36(30)2/h3-6,9-16,23,29H,7-8,17-19H2,1-2H3,(H,32,41). The summed E-state index contributed by atoms with van der Waals surface area (Å²) in [6.07, 6.45) is 1.70. The molecule has 1 aliphatic rings. The number of anilines is 1. The highest BCUT2D eigenvalue weighted by atomic mass is 16.5. The van der Waals surface area contributed by atoms with Crippen molar-refractivity contribution >= 4 is 45.4 Å². The number of aryl methyl sites for hydroxylation is 1. The zero-order valence-electron chi connectivity index (χ0n) is 23.4. The number of ketones is 1. The Bertz CT molecular complexity index is 1770. The normalized spacial score (nSPS) is 15.6. The van der Waals surface area contributed by atoms with Crippen LogP contribution in [0.1, 0.15) is 42.0 Å². The number of para-hydroxylation sites is 3. The number of fused-ring (bicyclic) bond motifs is 2. The molecular formula is C31H31N7O4. The zero-order valence-corrected chi connectivity index (χ0v) is 23.4. The van der Waals surface area contributed by atoms with Gasteiger partial charge in [-0.1, -0.05) is 29.5 Å². The Balaban J connectivity index is 1.45. The van der Waals surface area contributed by atoms with Gasteiger partial charge in [0, 0.05) is 31.5 Å². The molecule has 214 valence electrons. The number of carbonyl (C=O) groups is 3. The van der Waals surface area contributed by atoms with Crippen molar-refractivity contribution in [1.29, 1.82) is 0 Å². The molecule has 3 aromatic carbocycles. The monoisotopic (exact) mass is 565 g/mol. The summed E-state index contributed by atoms with van der Waals surface area (Å²) >= 11 is 0. The van der Waals surface area contributed by atoms with Crippen molar-refractivity contribution < 1.29 is 19.1 Å². The molecule has 0 radical (unpaired) electrons. The second-order valence-electron chi connectivity index (χ2n) is 10.4. The highest BCUT2D eigenvalue weighted by molar-refractivity contribution is 6.02. The van der Waals surface area contributed by atoms with E-state index < -0.39 is 17.9 Å². The number of ether oxygens (including phenoxy) is 1. The van der Waals surface area contributed by atoms with Crippen LogP contribution in [-0.2, 0) is 27.9 Å². The average molecular weight is 566 g/mol. The third kappa shape index (κ3) is 5.26. The van der Waals surface area contributed by atoms with Gasteiger partial charge < -0.3 is 14.6 Å². The summed E-state index contributed by atoms with van der Waals surface area (Å²) in [5.41, 5.74) is 3.82. The smallest absolute Gasteiger partial charge is 0.251 e. The Morgan fingerprint density at radius 3 is 2.40 bits per heavy atom. The Labute approximate surface area is 242 Å².